The van der Waals surface area contributed by atoms with Gasteiger partial charge >= 0.3 is 0 Å². The summed E-state index contributed by atoms with van der Waals surface area (Å²) in [4.78, 5) is 28.8. The van der Waals surface area contributed by atoms with E-state index in [1.165, 1.54) is 11.0 Å². The van der Waals surface area contributed by atoms with Crippen molar-refractivity contribution < 1.29 is 18.4 Å². The van der Waals surface area contributed by atoms with Crippen LogP contribution in [0.2, 0.25) is 0 Å². The molecule has 0 radical (unpaired) electrons. The van der Waals surface area contributed by atoms with E-state index in [-0.39, 0.29) is 24.2 Å². The summed E-state index contributed by atoms with van der Waals surface area (Å²) >= 11 is 0. The molecule has 3 fully saturated rings. The van der Waals surface area contributed by atoms with Gasteiger partial charge in [-0.05, 0) is 56.3 Å². The highest BCUT2D eigenvalue weighted by molar-refractivity contribution is 6.09. The number of amides is 2. The van der Waals surface area contributed by atoms with Gasteiger partial charge in [0.1, 0.15) is 5.92 Å². The Hall–Kier alpha value is -1.73. The molecule has 1 aromatic carbocycles. The number of rotatable bonds is 2. The van der Waals surface area contributed by atoms with Crippen molar-refractivity contribution in [3.63, 3.8) is 0 Å². The first kappa shape index (κ1) is 20.0. The number of benzene rings is 1. The van der Waals surface area contributed by atoms with Crippen molar-refractivity contribution in [1.82, 2.24) is 10.2 Å². The molecule has 0 bridgehead atoms. The topological polar surface area (TPSA) is 52.7 Å². The van der Waals surface area contributed by atoms with Gasteiger partial charge in [0.15, 0.2) is 11.6 Å². The van der Waals surface area contributed by atoms with Crippen LogP contribution in [0.1, 0.15) is 19.3 Å². The molecule has 0 spiro atoms. The summed E-state index contributed by atoms with van der Waals surface area (Å²) < 4.78 is 26.6. The van der Waals surface area contributed by atoms with Crippen molar-refractivity contribution in [3.05, 3.63) is 29.8 Å². The molecule has 3 aliphatic heterocycles. The van der Waals surface area contributed by atoms with E-state index in [0.29, 0.717) is 43.6 Å². The highest BCUT2D eigenvalue weighted by atomic mass is 35.5. The summed E-state index contributed by atoms with van der Waals surface area (Å²) in [5.74, 6) is -1.84. The Morgan fingerprint density at radius 3 is 2.30 bits per heavy atom. The third-order valence-corrected chi connectivity index (χ3v) is 6.05. The second kappa shape index (κ2) is 8.10. The average molecular weight is 400 g/mol. The number of carbonyl (C=O) groups is 2. The first-order valence-corrected chi connectivity index (χ1v) is 9.30. The summed E-state index contributed by atoms with van der Waals surface area (Å²) in [5.41, 5.74) is 0.306. The number of carbonyl (C=O) groups excluding carboxylic acids is 2. The van der Waals surface area contributed by atoms with E-state index in [1.807, 2.05) is 4.90 Å². The van der Waals surface area contributed by atoms with Crippen LogP contribution in [0.5, 0.6) is 0 Å². The fourth-order valence-electron chi connectivity index (χ4n) is 4.48. The van der Waals surface area contributed by atoms with Gasteiger partial charge in [-0.25, -0.2) is 8.78 Å². The largest absolute Gasteiger partial charge is 0.342 e. The minimum Gasteiger partial charge on any atom is -0.342 e. The maximum Gasteiger partial charge on any atom is 0.239 e. The zero-order chi connectivity index (χ0) is 18.3. The second-order valence-electron chi connectivity index (χ2n) is 7.51. The molecule has 4 rings (SSSR count). The van der Waals surface area contributed by atoms with Crippen LogP contribution in [0.15, 0.2) is 18.2 Å². The van der Waals surface area contributed by atoms with E-state index in [1.54, 1.807) is 0 Å². The lowest BCUT2D eigenvalue weighted by molar-refractivity contribution is -0.139. The normalized spacial score (nSPS) is 27.9. The molecule has 0 aliphatic carbocycles. The Bertz CT molecular complexity index is 719. The maximum atomic E-state index is 13.5. The number of nitrogens with zero attached hydrogens (tertiary/aromatic N) is 2. The Morgan fingerprint density at radius 1 is 1.00 bits per heavy atom. The van der Waals surface area contributed by atoms with Crippen LogP contribution >= 0.6 is 12.4 Å². The molecule has 5 nitrogen and oxygen atoms in total. The molecule has 2 amide bonds. The molecule has 8 heteroatoms. The highest BCUT2D eigenvalue weighted by Gasteiger charge is 2.41. The van der Waals surface area contributed by atoms with Gasteiger partial charge in [0.2, 0.25) is 11.8 Å². The second-order valence-corrected chi connectivity index (χ2v) is 7.51. The van der Waals surface area contributed by atoms with E-state index in [9.17, 15) is 18.4 Å². The summed E-state index contributed by atoms with van der Waals surface area (Å²) in [6.45, 7) is 3.76. The fraction of sp³-hybridized carbons (Fsp3) is 0.579. The number of likely N-dealkylation sites (tertiary alicyclic amines) is 1. The smallest absolute Gasteiger partial charge is 0.239 e. The van der Waals surface area contributed by atoms with E-state index in [4.69, 9.17) is 0 Å². The quantitative estimate of drug-likeness (QED) is 0.776. The number of hydrogen-bond donors (Lipinski definition) is 1. The Morgan fingerprint density at radius 2 is 1.67 bits per heavy atom. The van der Waals surface area contributed by atoms with Gasteiger partial charge in [0, 0.05) is 31.4 Å². The van der Waals surface area contributed by atoms with Gasteiger partial charge in [-0.2, -0.15) is 0 Å². The third-order valence-electron chi connectivity index (χ3n) is 6.05. The van der Waals surface area contributed by atoms with E-state index in [0.717, 1.165) is 38.1 Å². The molecular formula is C19H24ClF2N3O2. The number of nitrogens with one attached hydrogen (secondary N) is 1. The zero-order valence-corrected chi connectivity index (χ0v) is 15.8. The molecule has 148 valence electrons. The lowest BCUT2D eigenvalue weighted by Crippen LogP contribution is -2.41. The lowest BCUT2D eigenvalue weighted by Gasteiger charge is -2.24. The minimum atomic E-state index is -0.988. The van der Waals surface area contributed by atoms with Gasteiger partial charge < -0.3 is 15.1 Å². The summed E-state index contributed by atoms with van der Waals surface area (Å²) in [6.07, 6.45) is 2.36. The monoisotopic (exact) mass is 399 g/mol. The average Bonchev–Trinajstić information content (AvgIpc) is 3.18. The SMILES string of the molecule is Cl.O=C(C1CCN(c2ccc(F)c(F)c2)C1=O)N1CC[C@@H]2CNC[C@@H]2CC1. The molecule has 1 aromatic rings. The molecule has 3 atom stereocenters. The first-order chi connectivity index (χ1) is 12.5. The number of halogens is 3. The van der Waals surface area contributed by atoms with E-state index in [2.05, 4.69) is 5.32 Å². The van der Waals surface area contributed by atoms with Gasteiger partial charge in [0.05, 0.1) is 0 Å². The van der Waals surface area contributed by atoms with Crippen LogP contribution in [0.25, 0.3) is 0 Å². The van der Waals surface area contributed by atoms with Gasteiger partial charge in [0.25, 0.3) is 0 Å². The lowest BCUT2D eigenvalue weighted by atomic mass is 9.92. The minimum absolute atomic E-state index is 0. The van der Waals surface area contributed by atoms with Gasteiger partial charge in [-0.1, -0.05) is 0 Å². The maximum absolute atomic E-state index is 13.5. The zero-order valence-electron chi connectivity index (χ0n) is 15.0. The fourth-order valence-corrected chi connectivity index (χ4v) is 4.48. The van der Waals surface area contributed by atoms with Gasteiger partial charge in [-0.3, -0.25) is 9.59 Å². The Kier molecular flexibility index (Phi) is 6.01. The standard InChI is InChI=1S/C19H23F2N3O2.ClH/c20-16-2-1-14(9-17(16)21)24-8-5-15(19(24)26)18(25)23-6-3-12-10-22-11-13(12)4-7-23;/h1-2,9,12-13,15,22H,3-8,10-11H2;1H/t12-,13+,15?;. The van der Waals surface area contributed by atoms with Crippen LogP contribution in [0, 0.1) is 29.4 Å². The van der Waals surface area contributed by atoms with Crippen LogP contribution in [-0.2, 0) is 9.59 Å². The van der Waals surface area contributed by atoms with Gasteiger partial charge in [-0.15, -0.1) is 12.4 Å². The molecule has 3 saturated heterocycles. The number of hydrogen-bond acceptors (Lipinski definition) is 3. The van der Waals surface area contributed by atoms with Crippen LogP contribution in [-0.4, -0.2) is 49.4 Å². The van der Waals surface area contributed by atoms with Crippen molar-refractivity contribution in [2.75, 3.05) is 37.6 Å². The summed E-state index contributed by atoms with van der Waals surface area (Å²) in [7, 11) is 0. The Balaban J connectivity index is 0.00000210. The van der Waals surface area contributed by atoms with Crippen LogP contribution in [0.4, 0.5) is 14.5 Å². The summed E-state index contributed by atoms with van der Waals surface area (Å²) in [6, 6.07) is 3.40. The molecule has 27 heavy (non-hydrogen) atoms. The predicted molar refractivity (Wildman–Crippen MR) is 99.7 cm³/mol. The van der Waals surface area contributed by atoms with E-state index < -0.39 is 17.6 Å². The van der Waals surface area contributed by atoms with Crippen molar-refractivity contribution >= 4 is 29.9 Å². The molecule has 3 aliphatic rings. The van der Waals surface area contributed by atoms with Crippen molar-refractivity contribution in [3.8, 4) is 0 Å². The number of fused-ring (bicyclic) bond motifs is 1. The Labute approximate surface area is 163 Å². The third kappa shape index (κ3) is 3.80. The molecule has 1 N–H and O–H groups in total. The predicted octanol–water partition coefficient (Wildman–Crippen LogP) is 2.20. The van der Waals surface area contributed by atoms with E-state index >= 15 is 0 Å². The van der Waals surface area contributed by atoms with Crippen molar-refractivity contribution in [2.24, 2.45) is 17.8 Å². The van der Waals surface area contributed by atoms with Crippen molar-refractivity contribution in [1.29, 1.82) is 0 Å². The summed E-state index contributed by atoms with van der Waals surface area (Å²) in [5, 5.41) is 3.41. The van der Waals surface area contributed by atoms with Crippen molar-refractivity contribution in [2.45, 2.75) is 19.3 Å². The molecule has 1 unspecified atom stereocenters. The molecule has 3 heterocycles. The molecule has 0 aromatic heterocycles. The first-order valence-electron chi connectivity index (χ1n) is 9.30. The number of anilines is 1. The molecular weight excluding hydrogens is 376 g/mol. The highest BCUT2D eigenvalue weighted by Crippen LogP contribution is 2.31. The van der Waals surface area contributed by atoms with Crippen LogP contribution < -0.4 is 10.2 Å². The van der Waals surface area contributed by atoms with Crippen LogP contribution in [0.3, 0.4) is 0 Å². The molecule has 0 saturated carbocycles.